The van der Waals surface area contributed by atoms with Crippen LogP contribution >= 0.6 is 23.2 Å². The number of hydrogen-bond acceptors (Lipinski definition) is 4. The lowest BCUT2D eigenvalue weighted by Gasteiger charge is -2.28. The Hall–Kier alpha value is -2.34. The first-order chi connectivity index (χ1) is 13.8. The molecule has 0 saturated heterocycles. The van der Waals surface area contributed by atoms with Crippen LogP contribution in [0.1, 0.15) is 12.5 Å². The zero-order valence-electron chi connectivity index (χ0n) is 15.7. The molecule has 4 nitrogen and oxygen atoms in total. The van der Waals surface area contributed by atoms with Gasteiger partial charge < -0.3 is 9.47 Å². The molecule has 29 heavy (non-hydrogen) atoms. The summed E-state index contributed by atoms with van der Waals surface area (Å²) < 4.78 is 23.7. The molecule has 0 fully saturated rings. The second kappa shape index (κ2) is 8.99. The van der Waals surface area contributed by atoms with Crippen molar-refractivity contribution in [2.45, 2.75) is 22.3 Å². The van der Waals surface area contributed by atoms with E-state index in [4.69, 9.17) is 32.7 Å². The van der Waals surface area contributed by atoms with Gasteiger partial charge in [-0.3, -0.25) is 0 Å². The van der Waals surface area contributed by atoms with E-state index in [1.807, 2.05) is 0 Å². The van der Waals surface area contributed by atoms with Crippen LogP contribution in [0.4, 0.5) is 0 Å². The number of esters is 1. The maximum atomic E-state index is 12.8. The first kappa shape index (κ1) is 21.4. The molecule has 3 rings (SSSR count). The first-order valence-corrected chi connectivity index (χ1v) is 10.5. The molecule has 0 radical (unpaired) electrons. The number of halogens is 2. The smallest absolute Gasteiger partial charge is 0.354 e. The third-order valence-corrected chi connectivity index (χ3v) is 6.26. The number of ether oxygens (including phenoxy) is 2. The van der Waals surface area contributed by atoms with Crippen molar-refractivity contribution < 1.29 is 18.5 Å². The minimum atomic E-state index is -1.39. The molecule has 3 aromatic rings. The minimum Gasteiger partial charge on any atom is -0.471 e. The predicted octanol–water partition coefficient (Wildman–Crippen LogP) is 5.63. The normalized spacial score (nSPS) is 13.9. The van der Waals surface area contributed by atoms with E-state index in [2.05, 4.69) is 0 Å². The molecule has 0 bridgehead atoms. The Balaban J connectivity index is 1.90. The van der Waals surface area contributed by atoms with Gasteiger partial charge in [0.1, 0.15) is 5.75 Å². The summed E-state index contributed by atoms with van der Waals surface area (Å²) in [4.78, 5) is 13.8. The van der Waals surface area contributed by atoms with Crippen molar-refractivity contribution in [2.24, 2.45) is 0 Å². The molecule has 3 aromatic carbocycles. The van der Waals surface area contributed by atoms with Crippen molar-refractivity contribution in [3.63, 3.8) is 0 Å². The van der Waals surface area contributed by atoms with Crippen molar-refractivity contribution in [3.05, 3.63) is 88.4 Å². The fourth-order valence-corrected chi connectivity index (χ4v) is 4.03. The molecule has 0 amide bonds. The number of rotatable bonds is 6. The largest absolute Gasteiger partial charge is 0.471 e. The first-order valence-electron chi connectivity index (χ1n) is 8.64. The van der Waals surface area contributed by atoms with Gasteiger partial charge in [-0.1, -0.05) is 35.3 Å². The van der Waals surface area contributed by atoms with Crippen LogP contribution in [0.5, 0.6) is 5.75 Å². The number of benzene rings is 3. The van der Waals surface area contributed by atoms with E-state index < -0.39 is 22.4 Å². The van der Waals surface area contributed by atoms with Gasteiger partial charge in [0.2, 0.25) is 5.60 Å². The van der Waals surface area contributed by atoms with Crippen molar-refractivity contribution in [1.29, 1.82) is 0 Å². The molecule has 0 aliphatic carbocycles. The highest BCUT2D eigenvalue weighted by atomic mass is 35.5. The molecule has 0 aliphatic heterocycles. The average Bonchev–Trinajstić information content (AvgIpc) is 2.75. The summed E-state index contributed by atoms with van der Waals surface area (Å²) in [5.74, 6) is -0.0878. The summed E-state index contributed by atoms with van der Waals surface area (Å²) in [6.45, 7) is 1.62. The number of methoxy groups -OCH3 is 1. The molecule has 0 saturated carbocycles. The van der Waals surface area contributed by atoms with E-state index in [9.17, 15) is 9.00 Å². The Kier molecular flexibility index (Phi) is 6.63. The van der Waals surface area contributed by atoms with E-state index >= 15 is 0 Å². The monoisotopic (exact) mass is 448 g/mol. The molecular formula is C22H18Cl2O4S. The van der Waals surface area contributed by atoms with E-state index in [0.29, 0.717) is 31.1 Å². The molecule has 150 valence electrons. The Morgan fingerprint density at radius 3 is 1.76 bits per heavy atom. The van der Waals surface area contributed by atoms with Gasteiger partial charge in [0.15, 0.2) is 0 Å². The van der Waals surface area contributed by atoms with Crippen molar-refractivity contribution in [3.8, 4) is 5.75 Å². The highest BCUT2D eigenvalue weighted by Gasteiger charge is 2.39. The zero-order chi connectivity index (χ0) is 21.0. The number of carbonyl (C=O) groups excluding carboxylic acids is 1. The summed E-state index contributed by atoms with van der Waals surface area (Å²) in [5.41, 5.74) is -0.820. The van der Waals surface area contributed by atoms with Gasteiger partial charge in [-0.25, -0.2) is 9.00 Å². The summed E-state index contributed by atoms with van der Waals surface area (Å²) in [5, 5.41) is 1.14. The Morgan fingerprint density at radius 1 is 0.828 bits per heavy atom. The van der Waals surface area contributed by atoms with Crippen molar-refractivity contribution in [1.82, 2.24) is 0 Å². The molecule has 0 heterocycles. The molecule has 0 spiro atoms. The van der Waals surface area contributed by atoms with Crippen LogP contribution in [0, 0.1) is 0 Å². The quantitative estimate of drug-likeness (QED) is 0.458. The maximum Gasteiger partial charge on any atom is 0.354 e. The fourth-order valence-electron chi connectivity index (χ4n) is 2.74. The van der Waals surface area contributed by atoms with Crippen LogP contribution in [0.15, 0.2) is 82.6 Å². The van der Waals surface area contributed by atoms with E-state index in [-0.39, 0.29) is 0 Å². The van der Waals surface area contributed by atoms with Gasteiger partial charge in [-0.15, -0.1) is 0 Å². The summed E-state index contributed by atoms with van der Waals surface area (Å²) >= 11 is 11.8. The van der Waals surface area contributed by atoms with Crippen LogP contribution < -0.4 is 4.74 Å². The second-order valence-corrected chi connectivity index (χ2v) is 8.68. The number of hydrogen-bond donors (Lipinski definition) is 0. The fraction of sp³-hybridized carbons (Fsp3) is 0.136. The summed E-state index contributed by atoms with van der Waals surface area (Å²) in [6, 6.07) is 20.3. The van der Waals surface area contributed by atoms with Gasteiger partial charge in [0.05, 0.1) is 17.9 Å². The van der Waals surface area contributed by atoms with Gasteiger partial charge in [-0.05, 0) is 67.6 Å². The molecule has 7 heteroatoms. The Labute approximate surface area is 181 Å². The van der Waals surface area contributed by atoms with Crippen LogP contribution in [0.3, 0.4) is 0 Å². The van der Waals surface area contributed by atoms with Crippen molar-refractivity contribution >= 4 is 40.0 Å². The van der Waals surface area contributed by atoms with Gasteiger partial charge >= 0.3 is 5.97 Å². The predicted molar refractivity (Wildman–Crippen MR) is 114 cm³/mol. The molecule has 0 aliphatic rings. The highest BCUT2D eigenvalue weighted by molar-refractivity contribution is 7.85. The van der Waals surface area contributed by atoms with Gasteiger partial charge in [-0.2, -0.15) is 0 Å². The Bertz CT molecular complexity index is 1020. The molecular weight excluding hydrogens is 431 g/mol. The molecule has 2 atom stereocenters. The summed E-state index contributed by atoms with van der Waals surface area (Å²) in [7, 11) is -0.0721. The SMILES string of the molecule is COC(=O)C(C)(Oc1ccc(Cl)cc1)c1ccc(S(=O)c2ccc(Cl)cc2)cc1. The lowest BCUT2D eigenvalue weighted by Crippen LogP contribution is -2.39. The molecule has 2 unspecified atom stereocenters. The standard InChI is InChI=1S/C22H18Cl2O4S/c1-22(21(25)27-2,28-18-9-5-16(23)6-10-18)15-3-11-19(12-4-15)29(26)20-13-7-17(24)8-14-20/h3-14H,1-2H3. The Morgan fingerprint density at radius 2 is 1.28 bits per heavy atom. The maximum absolute atomic E-state index is 12.8. The third kappa shape index (κ3) is 4.81. The zero-order valence-corrected chi connectivity index (χ0v) is 18.1. The van der Waals surface area contributed by atoms with Gasteiger partial charge in [0.25, 0.3) is 0 Å². The van der Waals surface area contributed by atoms with Crippen LogP contribution in [0.25, 0.3) is 0 Å². The summed E-state index contributed by atoms with van der Waals surface area (Å²) in [6.07, 6.45) is 0. The highest BCUT2D eigenvalue weighted by Crippen LogP contribution is 2.31. The van der Waals surface area contributed by atoms with Crippen LogP contribution in [0.2, 0.25) is 10.0 Å². The lowest BCUT2D eigenvalue weighted by molar-refractivity contribution is -0.158. The topological polar surface area (TPSA) is 52.6 Å². The third-order valence-electron chi connectivity index (χ3n) is 4.36. The lowest BCUT2D eigenvalue weighted by atomic mass is 9.95. The van der Waals surface area contributed by atoms with Crippen LogP contribution in [-0.2, 0) is 25.9 Å². The van der Waals surface area contributed by atoms with E-state index in [0.717, 1.165) is 0 Å². The average molecular weight is 449 g/mol. The minimum absolute atomic E-state index is 0.469. The van der Waals surface area contributed by atoms with E-state index in [1.54, 1.807) is 79.7 Å². The van der Waals surface area contributed by atoms with Gasteiger partial charge in [0, 0.05) is 25.4 Å². The van der Waals surface area contributed by atoms with E-state index in [1.165, 1.54) is 7.11 Å². The van der Waals surface area contributed by atoms with Crippen molar-refractivity contribution in [2.75, 3.05) is 7.11 Å². The number of carbonyl (C=O) groups is 1. The van der Waals surface area contributed by atoms with Crippen LogP contribution in [-0.4, -0.2) is 17.3 Å². The second-order valence-electron chi connectivity index (χ2n) is 6.33. The molecule has 0 aromatic heterocycles. The molecule has 0 N–H and O–H groups in total.